The number of hydrogen-bond donors (Lipinski definition) is 1. The molecule has 0 unspecified atom stereocenters. The average Bonchev–Trinajstić information content (AvgIpc) is 2.82. The van der Waals surface area contributed by atoms with Gasteiger partial charge in [-0.1, -0.05) is 43.2 Å². The van der Waals surface area contributed by atoms with Gasteiger partial charge in [-0.3, -0.25) is 25.7 Å². The van der Waals surface area contributed by atoms with Crippen LogP contribution in [0.3, 0.4) is 0 Å². The van der Waals surface area contributed by atoms with Crippen LogP contribution in [0.1, 0.15) is 44.1 Å². The van der Waals surface area contributed by atoms with Crippen molar-refractivity contribution in [2.75, 3.05) is 5.43 Å². The molecule has 0 saturated heterocycles. The van der Waals surface area contributed by atoms with Crippen LogP contribution in [0.15, 0.2) is 53.6 Å². The van der Waals surface area contributed by atoms with Crippen molar-refractivity contribution in [3.8, 4) is 0 Å². The van der Waals surface area contributed by atoms with Crippen molar-refractivity contribution in [3.63, 3.8) is 0 Å². The maximum atomic E-state index is 11.4. The van der Waals surface area contributed by atoms with Crippen LogP contribution in [-0.2, 0) is 11.3 Å². The van der Waals surface area contributed by atoms with E-state index < -0.39 is 9.85 Å². The van der Waals surface area contributed by atoms with Gasteiger partial charge in [-0.2, -0.15) is 5.10 Å². The van der Waals surface area contributed by atoms with Crippen LogP contribution in [0.2, 0.25) is 0 Å². The fourth-order valence-electron chi connectivity index (χ4n) is 4.84. The Hall–Kier alpha value is -3.33. The number of hydrazone groups is 1. The van der Waals surface area contributed by atoms with Crippen LogP contribution in [0.4, 0.5) is 17.1 Å². The first-order chi connectivity index (χ1) is 15.5. The number of nitro groups is 2. The first-order valence-electron chi connectivity index (χ1n) is 10.9. The molecule has 0 aliphatic heterocycles. The second-order valence-electron chi connectivity index (χ2n) is 8.36. The van der Waals surface area contributed by atoms with Gasteiger partial charge in [-0.25, -0.2) is 0 Å². The normalized spacial score (nSPS) is 24.0. The highest BCUT2D eigenvalue weighted by Crippen LogP contribution is 2.41. The molecule has 4 rings (SSSR count). The molecule has 2 aromatic carbocycles. The van der Waals surface area contributed by atoms with E-state index in [2.05, 4.69) is 22.7 Å². The SMILES string of the molecule is O=[N+]([O-])c1ccc(N/N=C2\CC[C@@H](OCc3ccccc3)[C@H]3CCCC[C@H]23)c([N+](=O)[O-])c1. The lowest BCUT2D eigenvalue weighted by molar-refractivity contribution is -0.393. The van der Waals surface area contributed by atoms with Crippen molar-refractivity contribution in [2.45, 2.75) is 51.2 Å². The Balaban J connectivity index is 1.48. The molecule has 2 fully saturated rings. The van der Waals surface area contributed by atoms with Crippen LogP contribution >= 0.6 is 0 Å². The number of hydrogen-bond acceptors (Lipinski definition) is 7. The van der Waals surface area contributed by atoms with Crippen molar-refractivity contribution in [1.82, 2.24) is 0 Å². The number of rotatable bonds is 7. The summed E-state index contributed by atoms with van der Waals surface area (Å²) in [4.78, 5) is 21.1. The molecule has 168 valence electrons. The van der Waals surface area contributed by atoms with Crippen LogP contribution in [0.5, 0.6) is 0 Å². The van der Waals surface area contributed by atoms with Gasteiger partial charge in [-0.15, -0.1) is 0 Å². The molecule has 2 aliphatic rings. The van der Waals surface area contributed by atoms with Gasteiger partial charge in [0.1, 0.15) is 5.69 Å². The van der Waals surface area contributed by atoms with Crippen LogP contribution < -0.4 is 5.43 Å². The summed E-state index contributed by atoms with van der Waals surface area (Å²) in [5, 5.41) is 26.9. The van der Waals surface area contributed by atoms with E-state index in [-0.39, 0.29) is 29.1 Å². The fourth-order valence-corrected chi connectivity index (χ4v) is 4.84. The Bertz CT molecular complexity index is 1010. The maximum absolute atomic E-state index is 11.4. The zero-order valence-corrected chi connectivity index (χ0v) is 17.7. The molecule has 1 N–H and O–H groups in total. The highest BCUT2D eigenvalue weighted by atomic mass is 16.6. The number of nitro benzene ring substituents is 2. The molecule has 2 aliphatic carbocycles. The minimum atomic E-state index is -0.647. The first-order valence-corrected chi connectivity index (χ1v) is 10.9. The zero-order chi connectivity index (χ0) is 22.5. The molecule has 0 amide bonds. The lowest BCUT2D eigenvalue weighted by Crippen LogP contribution is -2.42. The van der Waals surface area contributed by atoms with Crippen LogP contribution in [-0.4, -0.2) is 21.7 Å². The monoisotopic (exact) mass is 438 g/mol. The highest BCUT2D eigenvalue weighted by Gasteiger charge is 2.39. The van der Waals surface area contributed by atoms with Crippen LogP contribution in [0.25, 0.3) is 0 Å². The Labute approximate surface area is 185 Å². The second kappa shape index (κ2) is 9.86. The van der Waals surface area contributed by atoms with E-state index in [9.17, 15) is 20.2 Å². The molecule has 0 heterocycles. The molecular formula is C23H26N4O5. The van der Waals surface area contributed by atoms with Gasteiger partial charge in [0.15, 0.2) is 0 Å². The van der Waals surface area contributed by atoms with Gasteiger partial charge in [0, 0.05) is 17.7 Å². The number of benzene rings is 2. The lowest BCUT2D eigenvalue weighted by atomic mass is 9.68. The number of ether oxygens (including phenoxy) is 1. The molecule has 2 aromatic rings. The number of nitrogens with zero attached hydrogens (tertiary/aromatic N) is 3. The predicted molar refractivity (Wildman–Crippen MR) is 121 cm³/mol. The number of nitrogens with one attached hydrogen (secondary N) is 1. The molecule has 0 spiro atoms. The van der Waals surface area contributed by atoms with Crippen LogP contribution in [0, 0.1) is 32.1 Å². The summed E-state index contributed by atoms with van der Waals surface area (Å²) in [6.07, 6.45) is 6.20. The maximum Gasteiger partial charge on any atom is 0.301 e. The molecule has 0 aromatic heterocycles. The Morgan fingerprint density at radius 2 is 1.78 bits per heavy atom. The van der Waals surface area contributed by atoms with Gasteiger partial charge in [0.05, 0.1) is 28.6 Å². The zero-order valence-electron chi connectivity index (χ0n) is 17.7. The van der Waals surface area contributed by atoms with Crippen molar-refractivity contribution in [3.05, 3.63) is 74.3 Å². The first kappa shape index (κ1) is 21.9. The predicted octanol–water partition coefficient (Wildman–Crippen LogP) is 5.46. The molecule has 9 heteroatoms. The Morgan fingerprint density at radius 3 is 2.53 bits per heavy atom. The molecule has 0 bridgehead atoms. The van der Waals surface area contributed by atoms with E-state index in [4.69, 9.17) is 4.74 Å². The van der Waals surface area contributed by atoms with Gasteiger partial charge >= 0.3 is 5.69 Å². The fraction of sp³-hybridized carbons (Fsp3) is 0.435. The number of non-ortho nitro benzene ring substituents is 1. The largest absolute Gasteiger partial charge is 0.373 e. The van der Waals surface area contributed by atoms with Crippen molar-refractivity contribution >= 4 is 22.8 Å². The summed E-state index contributed by atoms with van der Waals surface area (Å²) in [6.45, 7) is 0.592. The Morgan fingerprint density at radius 1 is 1.00 bits per heavy atom. The summed E-state index contributed by atoms with van der Waals surface area (Å²) in [5.41, 5.74) is 4.46. The third-order valence-corrected chi connectivity index (χ3v) is 6.43. The van der Waals surface area contributed by atoms with E-state index in [1.165, 1.54) is 18.6 Å². The van der Waals surface area contributed by atoms with E-state index in [0.29, 0.717) is 12.5 Å². The molecule has 9 nitrogen and oxygen atoms in total. The van der Waals surface area contributed by atoms with Gasteiger partial charge in [-0.05, 0) is 43.2 Å². The minimum Gasteiger partial charge on any atom is -0.373 e. The summed E-state index contributed by atoms with van der Waals surface area (Å²) in [6, 6.07) is 13.7. The topological polar surface area (TPSA) is 120 Å². The summed E-state index contributed by atoms with van der Waals surface area (Å²) >= 11 is 0. The highest BCUT2D eigenvalue weighted by molar-refractivity contribution is 5.89. The molecular weight excluding hydrogens is 412 g/mol. The Kier molecular flexibility index (Phi) is 6.75. The summed E-state index contributed by atoms with van der Waals surface area (Å²) in [7, 11) is 0. The second-order valence-corrected chi connectivity index (χ2v) is 8.36. The van der Waals surface area contributed by atoms with Crippen molar-refractivity contribution < 1.29 is 14.6 Å². The van der Waals surface area contributed by atoms with Crippen molar-refractivity contribution in [1.29, 1.82) is 0 Å². The lowest BCUT2D eigenvalue weighted by Gasteiger charge is -2.41. The summed E-state index contributed by atoms with van der Waals surface area (Å²) in [5.74, 6) is 0.663. The average molecular weight is 438 g/mol. The minimum absolute atomic E-state index is 0.155. The molecule has 32 heavy (non-hydrogen) atoms. The van der Waals surface area contributed by atoms with Gasteiger partial charge in [0.2, 0.25) is 0 Å². The van der Waals surface area contributed by atoms with E-state index >= 15 is 0 Å². The van der Waals surface area contributed by atoms with E-state index in [1.807, 2.05) is 18.2 Å². The third kappa shape index (κ3) is 4.94. The quantitative estimate of drug-likeness (QED) is 0.453. The van der Waals surface area contributed by atoms with E-state index in [0.717, 1.165) is 49.4 Å². The molecule has 0 radical (unpaired) electrons. The smallest absolute Gasteiger partial charge is 0.301 e. The number of fused-ring (bicyclic) bond motifs is 1. The standard InChI is InChI=1S/C23H26N4O5/c28-26(29)17-10-11-21(22(14-17)27(30)31)25-24-20-12-13-23(19-9-5-4-8-18(19)20)32-15-16-6-2-1-3-7-16/h1-3,6-7,10-11,14,18-19,23,25H,4-5,8-9,12-13,15H2/b24-20+/t18-,19-,23+/m0/s1. The summed E-state index contributed by atoms with van der Waals surface area (Å²) < 4.78 is 6.31. The number of anilines is 1. The van der Waals surface area contributed by atoms with Gasteiger partial charge < -0.3 is 4.74 Å². The van der Waals surface area contributed by atoms with Crippen molar-refractivity contribution in [2.24, 2.45) is 16.9 Å². The van der Waals surface area contributed by atoms with Gasteiger partial charge in [0.25, 0.3) is 5.69 Å². The van der Waals surface area contributed by atoms with E-state index in [1.54, 1.807) is 0 Å². The molecule has 3 atom stereocenters. The third-order valence-electron chi connectivity index (χ3n) is 6.43. The molecule has 2 saturated carbocycles.